The molecule has 1 aliphatic heterocycles. The fraction of sp³-hybridized carbons (Fsp3) is 0.276. The Morgan fingerprint density at radius 2 is 1.86 bits per heavy atom. The molecule has 3 aromatic rings. The van der Waals surface area contributed by atoms with E-state index in [1.807, 2.05) is 23.9 Å². The van der Waals surface area contributed by atoms with Gasteiger partial charge in [0, 0.05) is 47.4 Å². The standard InChI is InChI=1S/C29H28ClF3N4O3S2/c30-25-6-4-19(15-24(25)29(31,32)33)17-34-36-28(40)23-16-22(37-8-11-41-12-9-37)5-7-26(23)35-27(39)21-3-1-2-20(14-21)18-42-13-10-38/h1-7,14-17,38H,8-13,18H2,(H,35,39)(H,36,40)/b34-17+. The van der Waals surface area contributed by atoms with Gasteiger partial charge in [-0.2, -0.15) is 41.8 Å². The number of rotatable bonds is 10. The van der Waals surface area contributed by atoms with Gasteiger partial charge in [-0.05, 0) is 53.6 Å². The van der Waals surface area contributed by atoms with Crippen LogP contribution in [0, 0.1) is 0 Å². The molecule has 7 nitrogen and oxygen atoms in total. The lowest BCUT2D eigenvalue weighted by Crippen LogP contribution is -2.32. The summed E-state index contributed by atoms with van der Waals surface area (Å²) < 4.78 is 39.6. The van der Waals surface area contributed by atoms with Crippen LogP contribution in [0.25, 0.3) is 0 Å². The molecule has 0 unspecified atom stereocenters. The summed E-state index contributed by atoms with van der Waals surface area (Å²) in [6, 6.07) is 15.5. The molecule has 42 heavy (non-hydrogen) atoms. The summed E-state index contributed by atoms with van der Waals surface area (Å²) in [5.41, 5.74) is 3.98. The molecular formula is C29H28ClF3N4O3S2. The number of halogens is 4. The zero-order valence-electron chi connectivity index (χ0n) is 22.3. The quantitative estimate of drug-likeness (QED) is 0.140. The molecule has 0 radical (unpaired) electrons. The predicted octanol–water partition coefficient (Wildman–Crippen LogP) is 6.15. The third-order valence-corrected chi connectivity index (χ3v) is 8.52. The van der Waals surface area contributed by atoms with Crippen LogP contribution in [0.5, 0.6) is 0 Å². The molecule has 3 aromatic carbocycles. The fourth-order valence-corrected chi connectivity index (χ4v) is 5.98. The number of aliphatic hydroxyl groups excluding tert-OH is 1. The van der Waals surface area contributed by atoms with Crippen LogP contribution in [-0.2, 0) is 11.9 Å². The SMILES string of the molecule is O=C(Nc1ccc(N2CCSCC2)cc1C(=O)N/N=C/c1ccc(Cl)c(C(F)(F)F)c1)c1cccc(CSCCO)c1. The Balaban J connectivity index is 1.55. The van der Waals surface area contributed by atoms with Crippen molar-refractivity contribution in [2.24, 2.45) is 5.10 Å². The maximum atomic E-state index is 13.3. The van der Waals surface area contributed by atoms with Crippen molar-refractivity contribution >= 4 is 64.5 Å². The Labute approximate surface area is 254 Å². The summed E-state index contributed by atoms with van der Waals surface area (Å²) in [5.74, 6) is 2.05. The number of carbonyl (C=O) groups excluding carboxylic acids is 2. The number of hydrogen-bond acceptors (Lipinski definition) is 7. The van der Waals surface area contributed by atoms with Gasteiger partial charge in [0.05, 0.1) is 34.7 Å². The highest BCUT2D eigenvalue weighted by atomic mass is 35.5. The van der Waals surface area contributed by atoms with E-state index in [9.17, 15) is 22.8 Å². The highest BCUT2D eigenvalue weighted by molar-refractivity contribution is 7.99. The molecule has 4 rings (SSSR count). The van der Waals surface area contributed by atoms with Crippen LogP contribution in [-0.4, -0.2) is 60.1 Å². The summed E-state index contributed by atoms with van der Waals surface area (Å²) >= 11 is 9.07. The van der Waals surface area contributed by atoms with E-state index in [4.69, 9.17) is 16.7 Å². The second-order valence-electron chi connectivity index (χ2n) is 9.20. The van der Waals surface area contributed by atoms with Crippen molar-refractivity contribution in [3.63, 3.8) is 0 Å². The van der Waals surface area contributed by atoms with Gasteiger partial charge < -0.3 is 15.3 Å². The third kappa shape index (κ3) is 8.66. The van der Waals surface area contributed by atoms with E-state index in [0.717, 1.165) is 54.2 Å². The van der Waals surface area contributed by atoms with Crippen molar-refractivity contribution < 1.29 is 27.9 Å². The average Bonchev–Trinajstić information content (AvgIpc) is 2.98. The molecule has 13 heteroatoms. The van der Waals surface area contributed by atoms with Crippen LogP contribution in [0.15, 0.2) is 65.8 Å². The summed E-state index contributed by atoms with van der Waals surface area (Å²) in [7, 11) is 0. The molecule has 0 aliphatic carbocycles. The van der Waals surface area contributed by atoms with E-state index < -0.39 is 28.6 Å². The van der Waals surface area contributed by atoms with E-state index in [1.165, 1.54) is 6.07 Å². The number of nitrogens with one attached hydrogen (secondary N) is 2. The molecule has 0 aromatic heterocycles. The number of thioether (sulfide) groups is 2. The van der Waals surface area contributed by atoms with Gasteiger partial charge in [0.2, 0.25) is 0 Å². The van der Waals surface area contributed by atoms with Crippen molar-refractivity contribution in [1.82, 2.24) is 5.43 Å². The topological polar surface area (TPSA) is 94.0 Å². The molecule has 222 valence electrons. The summed E-state index contributed by atoms with van der Waals surface area (Å²) in [4.78, 5) is 28.6. The summed E-state index contributed by atoms with van der Waals surface area (Å²) in [5, 5.41) is 15.2. The van der Waals surface area contributed by atoms with Gasteiger partial charge in [-0.1, -0.05) is 29.8 Å². The van der Waals surface area contributed by atoms with E-state index in [0.29, 0.717) is 17.1 Å². The van der Waals surface area contributed by atoms with Gasteiger partial charge in [0.25, 0.3) is 11.8 Å². The molecule has 0 atom stereocenters. The second kappa shape index (κ2) is 14.8. The second-order valence-corrected chi connectivity index (χ2v) is 11.9. The van der Waals surface area contributed by atoms with Gasteiger partial charge in [-0.3, -0.25) is 9.59 Å². The Morgan fingerprint density at radius 3 is 2.60 bits per heavy atom. The highest BCUT2D eigenvalue weighted by Gasteiger charge is 2.33. The monoisotopic (exact) mass is 636 g/mol. The van der Waals surface area contributed by atoms with E-state index in [-0.39, 0.29) is 23.4 Å². The average molecular weight is 637 g/mol. The number of benzene rings is 3. The van der Waals surface area contributed by atoms with Gasteiger partial charge in [0.15, 0.2) is 0 Å². The van der Waals surface area contributed by atoms with Crippen molar-refractivity contribution in [1.29, 1.82) is 0 Å². The van der Waals surface area contributed by atoms with Gasteiger partial charge >= 0.3 is 6.18 Å². The van der Waals surface area contributed by atoms with Crippen LogP contribution in [0.2, 0.25) is 5.02 Å². The fourth-order valence-electron chi connectivity index (χ4n) is 4.16. The molecule has 3 N–H and O–H groups in total. The molecule has 0 bridgehead atoms. The Bertz CT molecular complexity index is 1450. The number of aliphatic hydroxyl groups is 1. The minimum atomic E-state index is -4.64. The van der Waals surface area contributed by atoms with Crippen LogP contribution in [0.1, 0.15) is 37.4 Å². The first-order valence-electron chi connectivity index (χ1n) is 12.9. The van der Waals surface area contributed by atoms with E-state index in [2.05, 4.69) is 20.7 Å². The minimum Gasteiger partial charge on any atom is -0.396 e. The Morgan fingerprint density at radius 1 is 1.07 bits per heavy atom. The number of carbonyl (C=O) groups is 2. The summed E-state index contributed by atoms with van der Waals surface area (Å²) in [6.45, 7) is 1.67. The first-order chi connectivity index (χ1) is 20.2. The highest BCUT2D eigenvalue weighted by Crippen LogP contribution is 2.35. The van der Waals surface area contributed by atoms with Crippen LogP contribution >= 0.6 is 35.1 Å². The number of anilines is 2. The summed E-state index contributed by atoms with van der Waals surface area (Å²) in [6.07, 6.45) is -3.55. The van der Waals surface area contributed by atoms with E-state index >= 15 is 0 Å². The number of nitrogens with zero attached hydrogens (tertiary/aromatic N) is 2. The number of amides is 2. The molecule has 1 heterocycles. The lowest BCUT2D eigenvalue weighted by atomic mass is 10.1. The molecule has 1 saturated heterocycles. The van der Waals surface area contributed by atoms with Crippen molar-refractivity contribution in [3.8, 4) is 0 Å². The smallest absolute Gasteiger partial charge is 0.396 e. The molecule has 1 fully saturated rings. The maximum absolute atomic E-state index is 13.3. The van der Waals surface area contributed by atoms with Crippen molar-refractivity contribution in [3.05, 3.63) is 93.5 Å². The largest absolute Gasteiger partial charge is 0.417 e. The van der Waals surface area contributed by atoms with Gasteiger partial charge in [0.1, 0.15) is 0 Å². The number of hydrazone groups is 1. The predicted molar refractivity (Wildman–Crippen MR) is 165 cm³/mol. The van der Waals surface area contributed by atoms with Crippen LogP contribution in [0.3, 0.4) is 0 Å². The van der Waals surface area contributed by atoms with Crippen molar-refractivity contribution in [2.45, 2.75) is 11.9 Å². The third-order valence-electron chi connectivity index (χ3n) is 6.24. The maximum Gasteiger partial charge on any atom is 0.417 e. The first kappa shape index (κ1) is 31.7. The Hall–Kier alpha value is -3.19. The van der Waals surface area contributed by atoms with Gasteiger partial charge in [-0.15, -0.1) is 0 Å². The van der Waals surface area contributed by atoms with Crippen molar-refractivity contribution in [2.75, 3.05) is 47.2 Å². The lowest BCUT2D eigenvalue weighted by molar-refractivity contribution is -0.137. The van der Waals surface area contributed by atoms with Gasteiger partial charge in [-0.25, -0.2) is 5.43 Å². The Kier molecular flexibility index (Phi) is 11.2. The lowest BCUT2D eigenvalue weighted by Gasteiger charge is -2.29. The number of hydrogen-bond donors (Lipinski definition) is 3. The van der Waals surface area contributed by atoms with Crippen LogP contribution < -0.4 is 15.6 Å². The molecule has 2 amide bonds. The first-order valence-corrected chi connectivity index (χ1v) is 15.6. The zero-order valence-corrected chi connectivity index (χ0v) is 24.7. The minimum absolute atomic E-state index is 0.0697. The normalized spacial score (nSPS) is 13.8. The molecule has 0 spiro atoms. The van der Waals surface area contributed by atoms with Crippen LogP contribution in [0.4, 0.5) is 24.5 Å². The number of alkyl halides is 3. The zero-order chi connectivity index (χ0) is 30.1. The van der Waals surface area contributed by atoms with E-state index in [1.54, 1.807) is 42.1 Å². The molecule has 1 aliphatic rings. The molecule has 0 saturated carbocycles. The molecular weight excluding hydrogens is 609 g/mol.